The lowest BCUT2D eigenvalue weighted by Gasteiger charge is -2.16. The van der Waals surface area contributed by atoms with Gasteiger partial charge in [-0.2, -0.15) is 0 Å². The summed E-state index contributed by atoms with van der Waals surface area (Å²) < 4.78 is 4.20. The van der Waals surface area contributed by atoms with E-state index in [1.54, 1.807) is 13.8 Å². The van der Waals surface area contributed by atoms with E-state index in [4.69, 9.17) is 4.74 Å². The molecular weight excluding hydrogens is 264 g/mol. The Labute approximate surface area is 77.6 Å². The first-order chi connectivity index (χ1) is 4.54. The Morgan fingerprint density at radius 1 is 1.70 bits per heavy atom. The molecule has 0 aromatic carbocycles. The number of carbonyl (C=O) groups is 1. The first kappa shape index (κ1) is 10.4. The minimum absolute atomic E-state index is 0.230. The zero-order chi connectivity index (χ0) is 8.20. The number of ether oxygens (including phenoxy) is 1. The number of hydrogen-bond donors (Lipinski definition) is 0. The van der Waals surface area contributed by atoms with E-state index in [2.05, 4.69) is 31.9 Å². The quantitative estimate of drug-likeness (QED) is 0.582. The first-order valence-corrected chi connectivity index (χ1v) is 4.88. The summed E-state index contributed by atoms with van der Waals surface area (Å²) in [5.74, 6) is -0.230. The highest BCUT2D eigenvalue weighted by Gasteiger charge is 2.29. The van der Waals surface area contributed by atoms with E-state index in [0.717, 1.165) is 0 Å². The van der Waals surface area contributed by atoms with Gasteiger partial charge in [0.15, 0.2) is 0 Å². The first-order valence-electron chi connectivity index (χ1n) is 2.96. The molecule has 10 heavy (non-hydrogen) atoms. The molecule has 0 saturated heterocycles. The number of alkyl halides is 2. The van der Waals surface area contributed by atoms with Crippen molar-refractivity contribution in [3.8, 4) is 0 Å². The van der Waals surface area contributed by atoms with Crippen molar-refractivity contribution in [1.82, 2.24) is 0 Å². The molecule has 0 unspecified atom stereocenters. The van der Waals surface area contributed by atoms with Crippen LogP contribution in [0.4, 0.5) is 0 Å². The molecule has 0 rings (SSSR count). The van der Waals surface area contributed by atoms with Crippen molar-refractivity contribution in [3.05, 3.63) is 0 Å². The monoisotopic (exact) mass is 272 g/mol. The lowest BCUT2D eigenvalue weighted by atomic mass is 10.2. The molecular formula is C6H10Br2O2. The average molecular weight is 274 g/mol. The summed E-state index contributed by atoms with van der Waals surface area (Å²) in [6.45, 7) is 3.97. The Kier molecular flexibility index (Phi) is 4.52. The summed E-state index contributed by atoms with van der Waals surface area (Å²) in [7, 11) is 0. The van der Waals surface area contributed by atoms with Gasteiger partial charge < -0.3 is 4.74 Å². The molecule has 0 fully saturated rings. The van der Waals surface area contributed by atoms with Crippen molar-refractivity contribution in [2.45, 2.75) is 18.2 Å². The van der Waals surface area contributed by atoms with Gasteiger partial charge in [-0.15, -0.1) is 0 Å². The van der Waals surface area contributed by atoms with Crippen molar-refractivity contribution in [2.24, 2.45) is 0 Å². The molecule has 0 N–H and O–H groups in total. The van der Waals surface area contributed by atoms with Crippen LogP contribution in [0.5, 0.6) is 0 Å². The molecule has 0 aromatic rings. The van der Waals surface area contributed by atoms with Crippen LogP contribution in [-0.2, 0) is 9.53 Å². The minimum Gasteiger partial charge on any atom is -0.465 e. The fourth-order valence-corrected chi connectivity index (χ4v) is 0.680. The van der Waals surface area contributed by atoms with Crippen LogP contribution in [0.2, 0.25) is 0 Å². The predicted molar refractivity (Wildman–Crippen MR) is 47.8 cm³/mol. The normalized spacial score (nSPS) is 16.0. The second-order valence-electron chi connectivity index (χ2n) is 2.05. The van der Waals surface area contributed by atoms with Crippen LogP contribution in [0.25, 0.3) is 0 Å². The van der Waals surface area contributed by atoms with Gasteiger partial charge in [0.25, 0.3) is 0 Å². The minimum atomic E-state index is -0.580. The summed E-state index contributed by atoms with van der Waals surface area (Å²) >= 11 is 6.42. The molecule has 0 aromatic heterocycles. The average Bonchev–Trinajstić information content (AvgIpc) is 1.89. The summed E-state index contributed by atoms with van der Waals surface area (Å²) in [5, 5.41) is 0.554. The smallest absolute Gasteiger partial charge is 0.323 e. The number of esters is 1. The van der Waals surface area contributed by atoms with E-state index in [1.807, 2.05) is 0 Å². The van der Waals surface area contributed by atoms with Crippen LogP contribution in [0, 0.1) is 0 Å². The summed E-state index contributed by atoms with van der Waals surface area (Å²) in [5.41, 5.74) is 0. The van der Waals surface area contributed by atoms with Crippen molar-refractivity contribution in [1.29, 1.82) is 0 Å². The van der Waals surface area contributed by atoms with Crippen LogP contribution in [0.1, 0.15) is 13.8 Å². The molecule has 0 aliphatic heterocycles. The number of halogens is 2. The van der Waals surface area contributed by atoms with E-state index in [0.29, 0.717) is 11.9 Å². The molecule has 0 spiro atoms. The Balaban J connectivity index is 3.91. The van der Waals surface area contributed by atoms with Crippen molar-refractivity contribution in [2.75, 3.05) is 11.9 Å². The maximum Gasteiger partial charge on any atom is 0.323 e. The van der Waals surface area contributed by atoms with Gasteiger partial charge in [-0.05, 0) is 13.8 Å². The molecule has 0 aliphatic carbocycles. The van der Waals surface area contributed by atoms with Crippen LogP contribution in [0.3, 0.4) is 0 Å². The fraction of sp³-hybridized carbons (Fsp3) is 0.833. The summed E-state index contributed by atoms with van der Waals surface area (Å²) in [6, 6.07) is 0. The van der Waals surface area contributed by atoms with E-state index < -0.39 is 4.32 Å². The lowest BCUT2D eigenvalue weighted by molar-refractivity contribution is -0.144. The molecule has 0 saturated carbocycles. The van der Waals surface area contributed by atoms with Crippen molar-refractivity contribution in [3.63, 3.8) is 0 Å². The van der Waals surface area contributed by atoms with E-state index in [1.165, 1.54) is 0 Å². The maximum atomic E-state index is 11.0. The molecule has 0 heterocycles. The Bertz CT molecular complexity index is 123. The van der Waals surface area contributed by atoms with Crippen LogP contribution >= 0.6 is 31.9 Å². The van der Waals surface area contributed by atoms with Gasteiger partial charge in [0, 0.05) is 5.33 Å². The molecule has 0 aliphatic rings. The Morgan fingerprint density at radius 3 is 2.50 bits per heavy atom. The molecule has 4 heteroatoms. The molecule has 0 bridgehead atoms. The highest BCUT2D eigenvalue weighted by Crippen LogP contribution is 2.21. The molecule has 0 radical (unpaired) electrons. The fourth-order valence-electron chi connectivity index (χ4n) is 0.336. The molecule has 60 valence electrons. The van der Waals surface area contributed by atoms with Crippen molar-refractivity contribution < 1.29 is 9.53 Å². The van der Waals surface area contributed by atoms with E-state index in [9.17, 15) is 4.79 Å². The van der Waals surface area contributed by atoms with Crippen LogP contribution < -0.4 is 0 Å². The van der Waals surface area contributed by atoms with E-state index >= 15 is 0 Å². The lowest BCUT2D eigenvalue weighted by Crippen LogP contribution is -2.31. The number of rotatable bonds is 3. The van der Waals surface area contributed by atoms with Gasteiger partial charge in [0.1, 0.15) is 4.32 Å². The highest BCUT2D eigenvalue weighted by atomic mass is 79.9. The summed E-state index contributed by atoms with van der Waals surface area (Å²) in [4.78, 5) is 11.0. The third-order valence-corrected chi connectivity index (χ3v) is 3.43. The Hall–Kier alpha value is 0.430. The summed E-state index contributed by atoms with van der Waals surface area (Å²) in [6.07, 6.45) is 0. The van der Waals surface area contributed by atoms with Gasteiger partial charge in [0.05, 0.1) is 6.61 Å². The Morgan fingerprint density at radius 2 is 2.20 bits per heavy atom. The third-order valence-electron chi connectivity index (χ3n) is 0.952. The highest BCUT2D eigenvalue weighted by molar-refractivity contribution is 9.12. The second-order valence-corrected chi connectivity index (χ2v) is 4.36. The van der Waals surface area contributed by atoms with Gasteiger partial charge >= 0.3 is 5.97 Å². The maximum absolute atomic E-state index is 11.0. The molecule has 1 atom stereocenters. The third kappa shape index (κ3) is 3.01. The van der Waals surface area contributed by atoms with Gasteiger partial charge in [-0.25, -0.2) is 0 Å². The van der Waals surface area contributed by atoms with Crippen molar-refractivity contribution >= 4 is 37.8 Å². The zero-order valence-electron chi connectivity index (χ0n) is 5.99. The van der Waals surface area contributed by atoms with Crippen LogP contribution in [-0.4, -0.2) is 22.2 Å². The molecule has 0 amide bonds. The van der Waals surface area contributed by atoms with Gasteiger partial charge in [-0.3, -0.25) is 4.79 Å². The topological polar surface area (TPSA) is 26.3 Å². The predicted octanol–water partition coefficient (Wildman–Crippen LogP) is 2.10. The standard InChI is InChI=1S/C6H10Br2O2/c1-3-10-5(9)6(2,8)4-7/h3-4H2,1-2H3/t6-/m0/s1. The zero-order valence-corrected chi connectivity index (χ0v) is 9.16. The van der Waals surface area contributed by atoms with Gasteiger partial charge in [-0.1, -0.05) is 31.9 Å². The van der Waals surface area contributed by atoms with Gasteiger partial charge in [0.2, 0.25) is 0 Å². The molecule has 2 nitrogen and oxygen atoms in total. The second kappa shape index (κ2) is 4.34. The SMILES string of the molecule is CCOC(=O)[C@@](C)(Br)CBr. The number of carbonyl (C=O) groups excluding carboxylic acids is 1. The largest absolute Gasteiger partial charge is 0.465 e. The van der Waals surface area contributed by atoms with E-state index in [-0.39, 0.29) is 5.97 Å². The van der Waals surface area contributed by atoms with Crippen LogP contribution in [0.15, 0.2) is 0 Å². The number of hydrogen-bond acceptors (Lipinski definition) is 2.